The molecule has 1 saturated heterocycles. The van der Waals surface area contributed by atoms with Crippen LogP contribution >= 0.6 is 0 Å². The molecule has 104 valence electrons. The molecule has 3 rings (SSSR count). The molecule has 1 heterocycles. The van der Waals surface area contributed by atoms with Gasteiger partial charge in [0.1, 0.15) is 0 Å². The maximum Gasteiger partial charge on any atom is 0.0949 e. The van der Waals surface area contributed by atoms with Crippen molar-refractivity contribution in [3.05, 3.63) is 34.9 Å². The highest BCUT2D eigenvalue weighted by Crippen LogP contribution is 2.40. The highest BCUT2D eigenvalue weighted by atomic mass is 16.5. The van der Waals surface area contributed by atoms with Gasteiger partial charge in [-0.3, -0.25) is 0 Å². The first-order valence-electron chi connectivity index (χ1n) is 7.58. The zero-order valence-corrected chi connectivity index (χ0v) is 12.2. The Labute approximate surface area is 116 Å². The van der Waals surface area contributed by atoms with Gasteiger partial charge in [-0.2, -0.15) is 0 Å². The number of aryl methyl sites for hydroxylation is 2. The van der Waals surface area contributed by atoms with Gasteiger partial charge in [0.05, 0.1) is 12.7 Å². The monoisotopic (exact) mass is 259 g/mol. The van der Waals surface area contributed by atoms with Gasteiger partial charge < -0.3 is 10.1 Å². The summed E-state index contributed by atoms with van der Waals surface area (Å²) in [5.74, 6) is 0. The van der Waals surface area contributed by atoms with Crippen molar-refractivity contribution in [3.63, 3.8) is 0 Å². The van der Waals surface area contributed by atoms with Crippen LogP contribution < -0.4 is 5.32 Å². The minimum atomic E-state index is 0.222. The van der Waals surface area contributed by atoms with E-state index in [1.54, 1.807) is 0 Å². The largest absolute Gasteiger partial charge is 0.372 e. The zero-order chi connectivity index (χ0) is 13.3. The van der Waals surface area contributed by atoms with E-state index in [0.717, 1.165) is 19.7 Å². The van der Waals surface area contributed by atoms with E-state index in [4.69, 9.17) is 4.74 Å². The van der Waals surface area contributed by atoms with Crippen LogP contribution in [0.2, 0.25) is 0 Å². The first-order valence-corrected chi connectivity index (χ1v) is 7.58. The predicted molar refractivity (Wildman–Crippen MR) is 78.4 cm³/mol. The summed E-state index contributed by atoms with van der Waals surface area (Å²) in [7, 11) is 0. The van der Waals surface area contributed by atoms with Crippen molar-refractivity contribution in [1.29, 1.82) is 0 Å². The van der Waals surface area contributed by atoms with E-state index in [2.05, 4.69) is 37.4 Å². The topological polar surface area (TPSA) is 21.3 Å². The van der Waals surface area contributed by atoms with Crippen molar-refractivity contribution >= 4 is 0 Å². The van der Waals surface area contributed by atoms with Crippen LogP contribution in [0.1, 0.15) is 48.5 Å². The van der Waals surface area contributed by atoms with Crippen molar-refractivity contribution in [3.8, 4) is 0 Å². The maximum absolute atomic E-state index is 6.26. The standard InChI is InChI=1S/C17H25NO/c1-13-5-6-15(9-14(13)2)16-10-18-11-17(12-19-16)7-3-4-8-17/h5-6,9,16,18H,3-4,7-8,10-12H2,1-2H3. The predicted octanol–water partition coefficient (Wildman–Crippen LogP) is 3.52. The number of benzene rings is 1. The fourth-order valence-corrected chi connectivity index (χ4v) is 3.48. The molecule has 1 spiro atoms. The summed E-state index contributed by atoms with van der Waals surface area (Å²) in [6, 6.07) is 6.72. The first-order chi connectivity index (χ1) is 9.19. The molecule has 1 aliphatic carbocycles. The lowest BCUT2D eigenvalue weighted by molar-refractivity contribution is 0.0158. The van der Waals surface area contributed by atoms with Crippen molar-refractivity contribution in [2.45, 2.75) is 45.6 Å². The fourth-order valence-electron chi connectivity index (χ4n) is 3.48. The number of hydrogen-bond donors (Lipinski definition) is 1. The first kappa shape index (κ1) is 13.1. The van der Waals surface area contributed by atoms with Gasteiger partial charge in [0, 0.05) is 18.5 Å². The third-order valence-corrected chi connectivity index (χ3v) is 4.99. The average molecular weight is 259 g/mol. The van der Waals surface area contributed by atoms with Gasteiger partial charge in [0.2, 0.25) is 0 Å². The van der Waals surface area contributed by atoms with E-state index in [1.165, 1.54) is 42.4 Å². The Balaban J connectivity index is 1.73. The average Bonchev–Trinajstić information content (AvgIpc) is 2.75. The lowest BCUT2D eigenvalue weighted by Crippen LogP contribution is -2.32. The lowest BCUT2D eigenvalue weighted by atomic mass is 9.87. The second-order valence-corrected chi connectivity index (χ2v) is 6.48. The normalized spacial score (nSPS) is 26.5. The summed E-state index contributed by atoms with van der Waals surface area (Å²) in [6.45, 7) is 7.36. The van der Waals surface area contributed by atoms with Crippen LogP contribution in [-0.2, 0) is 4.74 Å². The van der Waals surface area contributed by atoms with Crippen LogP contribution in [0.3, 0.4) is 0 Å². The molecule has 1 aliphatic heterocycles. The molecule has 1 N–H and O–H groups in total. The molecule has 2 nitrogen and oxygen atoms in total. The van der Waals surface area contributed by atoms with Gasteiger partial charge in [0.25, 0.3) is 0 Å². The maximum atomic E-state index is 6.26. The lowest BCUT2D eigenvalue weighted by Gasteiger charge is -2.26. The number of ether oxygens (including phenoxy) is 1. The minimum Gasteiger partial charge on any atom is -0.372 e. The van der Waals surface area contributed by atoms with E-state index < -0.39 is 0 Å². The van der Waals surface area contributed by atoms with Crippen LogP contribution in [-0.4, -0.2) is 19.7 Å². The zero-order valence-electron chi connectivity index (χ0n) is 12.2. The number of rotatable bonds is 1. The summed E-state index contributed by atoms with van der Waals surface area (Å²) >= 11 is 0. The van der Waals surface area contributed by atoms with Gasteiger partial charge in [-0.05, 0) is 43.4 Å². The number of hydrogen-bond acceptors (Lipinski definition) is 2. The van der Waals surface area contributed by atoms with Crippen molar-refractivity contribution in [2.75, 3.05) is 19.7 Å². The molecule has 1 atom stereocenters. The van der Waals surface area contributed by atoms with Gasteiger partial charge >= 0.3 is 0 Å². The van der Waals surface area contributed by atoms with Gasteiger partial charge in [0.15, 0.2) is 0 Å². The van der Waals surface area contributed by atoms with E-state index >= 15 is 0 Å². The highest BCUT2D eigenvalue weighted by molar-refractivity contribution is 5.31. The summed E-state index contributed by atoms with van der Waals surface area (Å²) in [5, 5.41) is 3.64. The molecule has 1 unspecified atom stereocenters. The minimum absolute atomic E-state index is 0.222. The Kier molecular flexibility index (Phi) is 3.64. The second-order valence-electron chi connectivity index (χ2n) is 6.48. The smallest absolute Gasteiger partial charge is 0.0949 e. The Morgan fingerprint density at radius 1 is 1.16 bits per heavy atom. The Bertz CT molecular complexity index is 449. The molecular formula is C17H25NO. The molecule has 1 aromatic rings. The molecule has 1 aromatic carbocycles. The third kappa shape index (κ3) is 2.70. The Hall–Kier alpha value is -0.860. The Morgan fingerprint density at radius 3 is 2.68 bits per heavy atom. The van der Waals surface area contributed by atoms with E-state index in [1.807, 2.05) is 0 Å². The van der Waals surface area contributed by atoms with Crippen LogP contribution in [0.15, 0.2) is 18.2 Å². The third-order valence-electron chi connectivity index (χ3n) is 4.99. The van der Waals surface area contributed by atoms with Crippen molar-refractivity contribution in [2.24, 2.45) is 5.41 Å². The molecule has 0 amide bonds. The molecule has 2 heteroatoms. The fraction of sp³-hybridized carbons (Fsp3) is 0.647. The molecular weight excluding hydrogens is 234 g/mol. The van der Waals surface area contributed by atoms with Gasteiger partial charge in [-0.25, -0.2) is 0 Å². The van der Waals surface area contributed by atoms with Crippen LogP contribution in [0, 0.1) is 19.3 Å². The highest BCUT2D eigenvalue weighted by Gasteiger charge is 2.36. The van der Waals surface area contributed by atoms with E-state index in [9.17, 15) is 0 Å². The molecule has 2 fully saturated rings. The Morgan fingerprint density at radius 2 is 1.95 bits per heavy atom. The van der Waals surface area contributed by atoms with Gasteiger partial charge in [-0.15, -0.1) is 0 Å². The molecule has 1 saturated carbocycles. The van der Waals surface area contributed by atoms with Crippen molar-refractivity contribution < 1.29 is 4.74 Å². The molecule has 0 aromatic heterocycles. The van der Waals surface area contributed by atoms with Crippen LogP contribution in [0.25, 0.3) is 0 Å². The van der Waals surface area contributed by atoms with E-state index in [0.29, 0.717) is 5.41 Å². The quantitative estimate of drug-likeness (QED) is 0.833. The summed E-state index contributed by atoms with van der Waals surface area (Å²) in [6.07, 6.45) is 5.64. The summed E-state index contributed by atoms with van der Waals surface area (Å²) in [5.41, 5.74) is 4.47. The number of nitrogens with one attached hydrogen (secondary N) is 1. The molecule has 0 radical (unpaired) electrons. The SMILES string of the molecule is Cc1ccc(C2CNCC3(CCCC3)CO2)cc1C. The summed E-state index contributed by atoms with van der Waals surface area (Å²) in [4.78, 5) is 0. The molecule has 0 bridgehead atoms. The van der Waals surface area contributed by atoms with Crippen LogP contribution in [0.5, 0.6) is 0 Å². The van der Waals surface area contributed by atoms with Crippen molar-refractivity contribution in [1.82, 2.24) is 5.32 Å². The molecule has 19 heavy (non-hydrogen) atoms. The molecule has 2 aliphatic rings. The van der Waals surface area contributed by atoms with Gasteiger partial charge in [-0.1, -0.05) is 31.0 Å². The second kappa shape index (κ2) is 5.26. The van der Waals surface area contributed by atoms with E-state index in [-0.39, 0.29) is 6.10 Å². The van der Waals surface area contributed by atoms with Crippen LogP contribution in [0.4, 0.5) is 0 Å². The summed E-state index contributed by atoms with van der Waals surface area (Å²) < 4.78 is 6.26.